The summed E-state index contributed by atoms with van der Waals surface area (Å²) in [4.78, 5) is 0. The van der Waals surface area contributed by atoms with Crippen LogP contribution in [0, 0.1) is 0 Å². The van der Waals surface area contributed by atoms with E-state index in [4.69, 9.17) is 0 Å². The molecule has 0 aliphatic rings. The molecule has 21 heavy (non-hydrogen) atoms. The van der Waals surface area contributed by atoms with E-state index in [0.717, 1.165) is 17.8 Å². The van der Waals surface area contributed by atoms with Crippen LogP contribution in [0.4, 0.5) is 0 Å². The monoisotopic (exact) mass is 311 g/mol. The van der Waals surface area contributed by atoms with Crippen LogP contribution in [0.25, 0.3) is 0 Å². The maximum atomic E-state index is 4.33. The molecule has 1 aromatic rings. The molecule has 0 amide bonds. The Balaban J connectivity index is 2.05. The summed E-state index contributed by atoms with van der Waals surface area (Å²) in [6.07, 6.45) is 14.6. The topological polar surface area (TPSA) is 37.8 Å². The maximum absolute atomic E-state index is 4.33. The van der Waals surface area contributed by atoms with E-state index in [1.54, 1.807) is 11.3 Å². The Morgan fingerprint density at radius 2 is 1.52 bits per heavy atom. The van der Waals surface area contributed by atoms with Crippen molar-refractivity contribution in [2.75, 3.05) is 7.05 Å². The van der Waals surface area contributed by atoms with Gasteiger partial charge in [-0.25, -0.2) is 0 Å². The highest BCUT2D eigenvalue weighted by Crippen LogP contribution is 2.21. The summed E-state index contributed by atoms with van der Waals surface area (Å²) < 4.78 is 0. The average molecular weight is 312 g/mol. The highest BCUT2D eigenvalue weighted by Gasteiger charge is 2.12. The Kier molecular flexibility index (Phi) is 10.7. The van der Waals surface area contributed by atoms with Crippen molar-refractivity contribution in [1.82, 2.24) is 15.5 Å². The van der Waals surface area contributed by atoms with E-state index in [0.29, 0.717) is 6.04 Å². The number of aromatic nitrogens is 2. The zero-order chi connectivity index (χ0) is 15.3. The number of hydrogen-bond acceptors (Lipinski definition) is 4. The second kappa shape index (κ2) is 12.1. The summed E-state index contributed by atoms with van der Waals surface area (Å²) in [7, 11) is 2.00. The molecule has 1 N–H and O–H groups in total. The molecule has 0 aliphatic carbocycles. The summed E-state index contributed by atoms with van der Waals surface area (Å²) >= 11 is 1.78. The van der Waals surface area contributed by atoms with Gasteiger partial charge in [0.15, 0.2) is 0 Å². The van der Waals surface area contributed by atoms with Gasteiger partial charge in [0.05, 0.1) is 6.04 Å². The summed E-state index contributed by atoms with van der Waals surface area (Å²) in [6.45, 7) is 4.46. The molecular weight excluding hydrogens is 278 g/mol. The van der Waals surface area contributed by atoms with Crippen LogP contribution in [0.5, 0.6) is 0 Å². The van der Waals surface area contributed by atoms with Gasteiger partial charge >= 0.3 is 0 Å². The predicted molar refractivity (Wildman–Crippen MR) is 92.9 cm³/mol. The fraction of sp³-hybridized carbons (Fsp3) is 0.882. The van der Waals surface area contributed by atoms with Gasteiger partial charge in [-0.3, -0.25) is 0 Å². The van der Waals surface area contributed by atoms with Crippen molar-refractivity contribution in [2.24, 2.45) is 0 Å². The number of aryl methyl sites for hydroxylation is 1. The van der Waals surface area contributed by atoms with Crippen LogP contribution in [-0.2, 0) is 6.42 Å². The zero-order valence-corrected chi connectivity index (χ0v) is 15.0. The molecule has 1 atom stereocenters. The van der Waals surface area contributed by atoms with Crippen LogP contribution >= 0.6 is 11.3 Å². The maximum Gasteiger partial charge on any atom is 0.134 e. The van der Waals surface area contributed by atoms with Crippen molar-refractivity contribution in [3.8, 4) is 0 Å². The molecule has 0 radical (unpaired) electrons. The normalized spacial score (nSPS) is 12.7. The van der Waals surface area contributed by atoms with Crippen LogP contribution in [0.3, 0.4) is 0 Å². The summed E-state index contributed by atoms with van der Waals surface area (Å²) in [5.41, 5.74) is 0. The Labute approximate surface area is 135 Å². The van der Waals surface area contributed by atoms with E-state index >= 15 is 0 Å². The largest absolute Gasteiger partial charge is 0.311 e. The predicted octanol–water partition coefficient (Wildman–Crippen LogP) is 5.28. The van der Waals surface area contributed by atoms with Gasteiger partial charge in [-0.15, -0.1) is 10.2 Å². The quantitative estimate of drug-likeness (QED) is 0.503. The molecule has 1 aromatic heterocycles. The van der Waals surface area contributed by atoms with Crippen molar-refractivity contribution in [3.05, 3.63) is 10.0 Å². The minimum Gasteiger partial charge on any atom is -0.311 e. The van der Waals surface area contributed by atoms with Gasteiger partial charge < -0.3 is 5.32 Å². The van der Waals surface area contributed by atoms with E-state index in [-0.39, 0.29) is 0 Å². The van der Waals surface area contributed by atoms with E-state index in [1.807, 2.05) is 7.05 Å². The zero-order valence-electron chi connectivity index (χ0n) is 14.2. The Morgan fingerprint density at radius 3 is 2.10 bits per heavy atom. The first kappa shape index (κ1) is 18.6. The lowest BCUT2D eigenvalue weighted by atomic mass is 10.1. The Bertz CT molecular complexity index is 348. The first-order chi connectivity index (χ1) is 10.3. The summed E-state index contributed by atoms with van der Waals surface area (Å²) in [5, 5.41) is 14.3. The highest BCUT2D eigenvalue weighted by atomic mass is 32.1. The first-order valence-electron chi connectivity index (χ1n) is 8.81. The standard InChI is InChI=1S/C17H33N3S/c1-4-6-7-8-9-10-11-12-13-14-16-19-20-17(21-16)15(5-2)18-3/h15,18H,4-14H2,1-3H3. The fourth-order valence-electron chi connectivity index (χ4n) is 2.60. The SMILES string of the molecule is CCCCCCCCCCCc1nnc(C(CC)NC)s1. The number of unbranched alkanes of at least 4 members (excludes halogenated alkanes) is 8. The molecule has 0 saturated carbocycles. The molecule has 0 saturated heterocycles. The third-order valence-electron chi connectivity index (χ3n) is 4.03. The van der Waals surface area contributed by atoms with Crippen LogP contribution in [-0.4, -0.2) is 17.2 Å². The second-order valence-electron chi connectivity index (χ2n) is 5.86. The molecule has 1 unspecified atom stereocenters. The van der Waals surface area contributed by atoms with Gasteiger partial charge in [-0.1, -0.05) is 76.6 Å². The summed E-state index contributed by atoms with van der Waals surface area (Å²) in [5.74, 6) is 0. The lowest BCUT2D eigenvalue weighted by Gasteiger charge is -2.07. The molecule has 0 spiro atoms. The third kappa shape index (κ3) is 7.91. The van der Waals surface area contributed by atoms with E-state index < -0.39 is 0 Å². The molecule has 1 heterocycles. The second-order valence-corrected chi connectivity index (χ2v) is 6.96. The van der Waals surface area contributed by atoms with Gasteiger partial charge in [0, 0.05) is 6.42 Å². The van der Waals surface area contributed by atoms with Crippen LogP contribution in [0.2, 0.25) is 0 Å². The third-order valence-corrected chi connectivity index (χ3v) is 5.13. The minimum absolute atomic E-state index is 0.374. The smallest absolute Gasteiger partial charge is 0.134 e. The van der Waals surface area contributed by atoms with Crippen molar-refractivity contribution >= 4 is 11.3 Å². The van der Waals surface area contributed by atoms with Crippen molar-refractivity contribution < 1.29 is 0 Å². The van der Waals surface area contributed by atoms with Crippen LogP contribution in [0.15, 0.2) is 0 Å². The van der Waals surface area contributed by atoms with E-state index in [9.17, 15) is 0 Å². The van der Waals surface area contributed by atoms with E-state index in [1.165, 1.54) is 62.8 Å². The van der Waals surface area contributed by atoms with E-state index in [2.05, 4.69) is 29.4 Å². The molecule has 0 bridgehead atoms. The molecule has 3 nitrogen and oxygen atoms in total. The fourth-order valence-corrected chi connectivity index (χ4v) is 3.68. The Morgan fingerprint density at radius 1 is 0.905 bits per heavy atom. The molecule has 0 aliphatic heterocycles. The lowest BCUT2D eigenvalue weighted by molar-refractivity contribution is 0.562. The van der Waals surface area contributed by atoms with Gasteiger partial charge in [0.1, 0.15) is 10.0 Å². The number of nitrogens with zero attached hydrogens (tertiary/aromatic N) is 2. The number of nitrogens with one attached hydrogen (secondary N) is 1. The van der Waals surface area contributed by atoms with Crippen LogP contribution in [0.1, 0.15) is 94.1 Å². The summed E-state index contributed by atoms with van der Waals surface area (Å²) in [6, 6.07) is 0.374. The van der Waals surface area contributed by atoms with Gasteiger partial charge in [-0.2, -0.15) is 0 Å². The van der Waals surface area contributed by atoms with Gasteiger partial charge in [0.25, 0.3) is 0 Å². The molecule has 0 fully saturated rings. The molecule has 122 valence electrons. The first-order valence-corrected chi connectivity index (χ1v) is 9.63. The number of hydrogen-bond donors (Lipinski definition) is 1. The molecule has 1 rings (SSSR count). The molecule has 0 aromatic carbocycles. The highest BCUT2D eigenvalue weighted by molar-refractivity contribution is 7.11. The van der Waals surface area contributed by atoms with Gasteiger partial charge in [-0.05, 0) is 19.9 Å². The molecule has 4 heteroatoms. The van der Waals surface area contributed by atoms with Crippen molar-refractivity contribution in [1.29, 1.82) is 0 Å². The lowest BCUT2D eigenvalue weighted by Crippen LogP contribution is -2.14. The van der Waals surface area contributed by atoms with Crippen molar-refractivity contribution in [2.45, 2.75) is 90.5 Å². The minimum atomic E-state index is 0.374. The van der Waals surface area contributed by atoms with Gasteiger partial charge in [0.2, 0.25) is 0 Å². The van der Waals surface area contributed by atoms with Crippen LogP contribution < -0.4 is 5.32 Å². The Hall–Kier alpha value is -0.480. The molecular formula is C17H33N3S. The van der Waals surface area contributed by atoms with Crippen molar-refractivity contribution in [3.63, 3.8) is 0 Å². The average Bonchev–Trinajstić information content (AvgIpc) is 2.95. The number of rotatable bonds is 13.